The van der Waals surface area contributed by atoms with Crippen LogP contribution in [0.5, 0.6) is 0 Å². The summed E-state index contributed by atoms with van der Waals surface area (Å²) in [6.07, 6.45) is 0. The topological polar surface area (TPSA) is 89.3 Å². The second kappa shape index (κ2) is 6.95. The van der Waals surface area contributed by atoms with Crippen LogP contribution in [0.15, 0.2) is 48.5 Å². The number of para-hydroxylation sites is 2. The second-order valence-electron chi connectivity index (χ2n) is 4.33. The Bertz CT molecular complexity index is 746. The standard InChI is InChI=1S/C15H11BrN2O4/c16-9-14(19)17-12-7-3-1-5-10(12)15(20)11-6-2-4-8-13(11)18(21)22/h1-8H,9H2,(H,17,19). The van der Waals surface area contributed by atoms with Crippen molar-refractivity contribution >= 4 is 39.0 Å². The van der Waals surface area contributed by atoms with E-state index in [1.165, 1.54) is 24.3 Å². The van der Waals surface area contributed by atoms with Crippen LogP contribution in [0.25, 0.3) is 0 Å². The smallest absolute Gasteiger partial charge is 0.280 e. The van der Waals surface area contributed by atoms with Crippen LogP contribution in [0.2, 0.25) is 0 Å². The molecule has 0 aliphatic heterocycles. The lowest BCUT2D eigenvalue weighted by Gasteiger charge is -2.09. The van der Waals surface area contributed by atoms with Crippen molar-refractivity contribution in [2.75, 3.05) is 10.6 Å². The molecule has 6 nitrogen and oxygen atoms in total. The van der Waals surface area contributed by atoms with E-state index in [0.29, 0.717) is 5.69 Å². The first kappa shape index (κ1) is 15.8. The predicted octanol–water partition coefficient (Wildman–Crippen LogP) is 3.16. The van der Waals surface area contributed by atoms with Gasteiger partial charge in [0.1, 0.15) is 5.56 Å². The molecule has 0 aliphatic carbocycles. The average molecular weight is 363 g/mol. The van der Waals surface area contributed by atoms with Crippen molar-refractivity contribution in [2.24, 2.45) is 0 Å². The van der Waals surface area contributed by atoms with Gasteiger partial charge < -0.3 is 5.32 Å². The first-order valence-electron chi connectivity index (χ1n) is 6.27. The Balaban J connectivity index is 2.47. The number of hydrogen-bond donors (Lipinski definition) is 1. The SMILES string of the molecule is O=C(CBr)Nc1ccccc1C(=O)c1ccccc1[N+](=O)[O-]. The molecule has 0 spiro atoms. The molecule has 7 heteroatoms. The van der Waals surface area contributed by atoms with Crippen molar-refractivity contribution in [1.82, 2.24) is 0 Å². The molecule has 2 aromatic carbocycles. The van der Waals surface area contributed by atoms with E-state index in [1.807, 2.05) is 0 Å². The van der Waals surface area contributed by atoms with Crippen molar-refractivity contribution in [3.05, 3.63) is 69.8 Å². The average Bonchev–Trinajstić information content (AvgIpc) is 2.54. The van der Waals surface area contributed by atoms with E-state index >= 15 is 0 Å². The molecule has 0 unspecified atom stereocenters. The molecule has 0 saturated heterocycles. The zero-order valence-electron chi connectivity index (χ0n) is 11.3. The summed E-state index contributed by atoms with van der Waals surface area (Å²) >= 11 is 3.02. The van der Waals surface area contributed by atoms with E-state index in [-0.39, 0.29) is 28.1 Å². The monoisotopic (exact) mass is 362 g/mol. The van der Waals surface area contributed by atoms with Gasteiger partial charge in [0.15, 0.2) is 0 Å². The summed E-state index contributed by atoms with van der Waals surface area (Å²) in [4.78, 5) is 34.5. The summed E-state index contributed by atoms with van der Waals surface area (Å²) in [7, 11) is 0. The quantitative estimate of drug-likeness (QED) is 0.382. The van der Waals surface area contributed by atoms with Gasteiger partial charge in [-0.15, -0.1) is 0 Å². The maximum atomic E-state index is 12.6. The number of hydrogen-bond acceptors (Lipinski definition) is 4. The Labute approximate surface area is 134 Å². The molecule has 2 rings (SSSR count). The maximum absolute atomic E-state index is 12.6. The molecule has 1 N–H and O–H groups in total. The zero-order valence-corrected chi connectivity index (χ0v) is 12.9. The van der Waals surface area contributed by atoms with Gasteiger partial charge in [-0.25, -0.2) is 0 Å². The van der Waals surface area contributed by atoms with Gasteiger partial charge in [0.2, 0.25) is 11.7 Å². The number of rotatable bonds is 5. The third-order valence-electron chi connectivity index (χ3n) is 2.91. The first-order chi connectivity index (χ1) is 10.5. The summed E-state index contributed by atoms with van der Waals surface area (Å²) in [5.74, 6) is -0.833. The van der Waals surface area contributed by atoms with Crippen LogP contribution in [0.4, 0.5) is 11.4 Å². The van der Waals surface area contributed by atoms with E-state index < -0.39 is 10.7 Å². The van der Waals surface area contributed by atoms with Gasteiger partial charge in [0.05, 0.1) is 15.9 Å². The third kappa shape index (κ3) is 3.37. The van der Waals surface area contributed by atoms with Crippen molar-refractivity contribution in [3.8, 4) is 0 Å². The molecule has 1 amide bonds. The van der Waals surface area contributed by atoms with E-state index in [4.69, 9.17) is 0 Å². The molecular weight excluding hydrogens is 352 g/mol. The minimum Gasteiger partial charge on any atom is -0.325 e. The summed E-state index contributed by atoms with van der Waals surface area (Å²) in [5.41, 5.74) is 0.225. The number of anilines is 1. The molecule has 0 aliphatic rings. The number of amides is 1. The molecule has 0 bridgehead atoms. The van der Waals surface area contributed by atoms with Gasteiger partial charge in [-0.3, -0.25) is 19.7 Å². The molecule has 0 atom stereocenters. The van der Waals surface area contributed by atoms with Gasteiger partial charge in [-0.1, -0.05) is 40.2 Å². The number of nitrogens with zero attached hydrogens (tertiary/aromatic N) is 1. The Hall–Kier alpha value is -2.54. The van der Waals surface area contributed by atoms with Crippen molar-refractivity contribution in [3.63, 3.8) is 0 Å². The lowest BCUT2D eigenvalue weighted by molar-refractivity contribution is -0.385. The molecule has 22 heavy (non-hydrogen) atoms. The van der Waals surface area contributed by atoms with Crippen LogP contribution >= 0.6 is 15.9 Å². The second-order valence-corrected chi connectivity index (χ2v) is 4.89. The van der Waals surface area contributed by atoms with Crippen LogP contribution in [0.3, 0.4) is 0 Å². The number of nitro groups is 1. The van der Waals surface area contributed by atoms with E-state index in [2.05, 4.69) is 21.2 Å². The van der Waals surface area contributed by atoms with Gasteiger partial charge in [0, 0.05) is 11.6 Å². The summed E-state index contributed by atoms with van der Waals surface area (Å²) < 4.78 is 0. The fourth-order valence-corrected chi connectivity index (χ4v) is 2.08. The third-order valence-corrected chi connectivity index (χ3v) is 3.42. The fraction of sp³-hybridized carbons (Fsp3) is 0.0667. The molecule has 0 aromatic heterocycles. The molecule has 0 saturated carbocycles. The van der Waals surface area contributed by atoms with Gasteiger partial charge in [-0.2, -0.15) is 0 Å². The number of carbonyl (C=O) groups excluding carboxylic acids is 2. The molecule has 0 fully saturated rings. The summed E-state index contributed by atoms with van der Waals surface area (Å²) in [5, 5.41) is 13.7. The van der Waals surface area contributed by atoms with Crippen molar-refractivity contribution in [2.45, 2.75) is 0 Å². The van der Waals surface area contributed by atoms with Crippen LogP contribution in [-0.4, -0.2) is 21.9 Å². The predicted molar refractivity (Wildman–Crippen MR) is 85.4 cm³/mol. The Kier molecular flexibility index (Phi) is 5.00. The lowest BCUT2D eigenvalue weighted by Crippen LogP contribution is -2.16. The van der Waals surface area contributed by atoms with Crippen molar-refractivity contribution < 1.29 is 14.5 Å². The van der Waals surface area contributed by atoms with E-state index in [0.717, 1.165) is 0 Å². The number of benzene rings is 2. The molecular formula is C15H11BrN2O4. The zero-order chi connectivity index (χ0) is 16.1. The highest BCUT2D eigenvalue weighted by molar-refractivity contribution is 9.09. The van der Waals surface area contributed by atoms with Crippen LogP contribution < -0.4 is 5.32 Å². The van der Waals surface area contributed by atoms with Crippen molar-refractivity contribution in [1.29, 1.82) is 0 Å². The number of nitro benzene ring substituents is 1. The molecule has 112 valence electrons. The van der Waals surface area contributed by atoms with Gasteiger partial charge in [-0.05, 0) is 18.2 Å². The first-order valence-corrected chi connectivity index (χ1v) is 7.39. The van der Waals surface area contributed by atoms with Gasteiger partial charge in [0.25, 0.3) is 5.69 Å². The lowest BCUT2D eigenvalue weighted by atomic mass is 10.00. The minimum absolute atomic E-state index is 0.0203. The fourth-order valence-electron chi connectivity index (χ4n) is 1.94. The normalized spacial score (nSPS) is 10.0. The number of alkyl halides is 1. The van der Waals surface area contributed by atoms with Crippen LogP contribution in [-0.2, 0) is 4.79 Å². The van der Waals surface area contributed by atoms with E-state index in [9.17, 15) is 19.7 Å². The number of carbonyl (C=O) groups is 2. The van der Waals surface area contributed by atoms with Gasteiger partial charge >= 0.3 is 0 Å². The number of ketones is 1. The maximum Gasteiger partial charge on any atom is 0.280 e. The summed E-state index contributed by atoms with van der Waals surface area (Å²) in [6.45, 7) is 0. The number of nitrogens with one attached hydrogen (secondary N) is 1. The number of halogens is 1. The highest BCUT2D eigenvalue weighted by atomic mass is 79.9. The van der Waals surface area contributed by atoms with Crippen LogP contribution in [0.1, 0.15) is 15.9 Å². The Morgan fingerprint density at radius 3 is 2.27 bits per heavy atom. The minimum atomic E-state index is -0.604. The van der Waals surface area contributed by atoms with Crippen LogP contribution in [0, 0.1) is 10.1 Å². The Morgan fingerprint density at radius 1 is 1.05 bits per heavy atom. The molecule has 0 radical (unpaired) electrons. The highest BCUT2D eigenvalue weighted by Crippen LogP contribution is 2.25. The summed E-state index contributed by atoms with van der Waals surface area (Å²) in [6, 6.07) is 12.1. The molecule has 0 heterocycles. The van der Waals surface area contributed by atoms with E-state index in [1.54, 1.807) is 24.3 Å². The molecule has 2 aromatic rings. The highest BCUT2D eigenvalue weighted by Gasteiger charge is 2.22. The Morgan fingerprint density at radius 2 is 1.64 bits per heavy atom. The largest absolute Gasteiger partial charge is 0.325 e.